The minimum absolute atomic E-state index is 0.0678. The first-order valence-electron chi connectivity index (χ1n) is 2.66. The standard InChI is InChI=1S/C5H4BrN3O2/c6-5-1-4(9(10)11)3(7)2-8-5/h1-2H,7H2. The van der Waals surface area contributed by atoms with Crippen LogP contribution in [-0.2, 0) is 0 Å². The van der Waals surface area contributed by atoms with Crippen LogP contribution < -0.4 is 5.73 Å². The molecule has 0 saturated heterocycles. The van der Waals surface area contributed by atoms with Crippen molar-refractivity contribution in [2.45, 2.75) is 0 Å². The third-order valence-corrected chi connectivity index (χ3v) is 1.51. The third-order valence-electron chi connectivity index (χ3n) is 1.08. The summed E-state index contributed by atoms with van der Waals surface area (Å²) in [5.74, 6) is 0. The number of aromatic nitrogens is 1. The molecule has 2 N–H and O–H groups in total. The third kappa shape index (κ3) is 1.64. The quantitative estimate of drug-likeness (QED) is 0.438. The maximum absolute atomic E-state index is 10.3. The molecule has 0 fully saturated rings. The molecular formula is C5H4BrN3O2. The fraction of sp³-hybridized carbons (Fsp3) is 0. The van der Waals surface area contributed by atoms with Crippen LogP contribution in [0.4, 0.5) is 11.4 Å². The number of pyridine rings is 1. The normalized spacial score (nSPS) is 9.55. The summed E-state index contributed by atoms with van der Waals surface area (Å²) in [6, 6.07) is 1.26. The SMILES string of the molecule is Nc1cnc(Br)cc1[N+](=O)[O-]. The lowest BCUT2D eigenvalue weighted by molar-refractivity contribution is -0.384. The molecule has 1 heterocycles. The lowest BCUT2D eigenvalue weighted by Crippen LogP contribution is -1.96. The van der Waals surface area contributed by atoms with Gasteiger partial charge in [-0.15, -0.1) is 0 Å². The van der Waals surface area contributed by atoms with Crippen molar-refractivity contribution < 1.29 is 4.92 Å². The molecule has 0 amide bonds. The van der Waals surface area contributed by atoms with Gasteiger partial charge in [-0.1, -0.05) is 0 Å². The van der Waals surface area contributed by atoms with E-state index >= 15 is 0 Å². The summed E-state index contributed by atoms with van der Waals surface area (Å²) in [6.07, 6.45) is 1.24. The fourth-order valence-corrected chi connectivity index (χ4v) is 0.908. The molecular weight excluding hydrogens is 214 g/mol. The van der Waals surface area contributed by atoms with Crippen LogP contribution in [0.5, 0.6) is 0 Å². The molecule has 0 unspecified atom stereocenters. The second kappa shape index (κ2) is 2.83. The first-order valence-corrected chi connectivity index (χ1v) is 3.46. The van der Waals surface area contributed by atoms with E-state index in [0.29, 0.717) is 4.60 Å². The zero-order chi connectivity index (χ0) is 8.43. The Bertz CT molecular complexity index is 302. The van der Waals surface area contributed by atoms with E-state index in [9.17, 15) is 10.1 Å². The molecule has 0 saturated carbocycles. The highest BCUT2D eigenvalue weighted by Gasteiger charge is 2.11. The van der Waals surface area contributed by atoms with Gasteiger partial charge in [0.1, 0.15) is 10.3 Å². The average molecular weight is 218 g/mol. The van der Waals surface area contributed by atoms with E-state index in [0.717, 1.165) is 0 Å². The Morgan fingerprint density at radius 3 is 2.82 bits per heavy atom. The Hall–Kier alpha value is -1.17. The topological polar surface area (TPSA) is 82.0 Å². The molecule has 0 atom stereocenters. The largest absolute Gasteiger partial charge is 0.392 e. The number of halogens is 1. The van der Waals surface area contributed by atoms with Crippen molar-refractivity contribution in [1.29, 1.82) is 0 Å². The van der Waals surface area contributed by atoms with Crippen molar-refractivity contribution >= 4 is 27.3 Å². The van der Waals surface area contributed by atoms with Crippen molar-refractivity contribution in [2.24, 2.45) is 0 Å². The van der Waals surface area contributed by atoms with E-state index in [2.05, 4.69) is 20.9 Å². The monoisotopic (exact) mass is 217 g/mol. The Balaban J connectivity index is 3.23. The van der Waals surface area contributed by atoms with E-state index < -0.39 is 4.92 Å². The number of nitrogens with zero attached hydrogens (tertiary/aromatic N) is 2. The molecule has 0 radical (unpaired) electrons. The molecule has 5 nitrogen and oxygen atoms in total. The number of nitrogens with two attached hydrogens (primary N) is 1. The molecule has 0 bridgehead atoms. The highest BCUT2D eigenvalue weighted by atomic mass is 79.9. The van der Waals surface area contributed by atoms with Crippen molar-refractivity contribution in [2.75, 3.05) is 5.73 Å². The molecule has 1 aromatic rings. The van der Waals surface area contributed by atoms with E-state index in [4.69, 9.17) is 5.73 Å². The Kier molecular flexibility index (Phi) is 2.04. The number of anilines is 1. The molecule has 11 heavy (non-hydrogen) atoms. The van der Waals surface area contributed by atoms with Crippen molar-refractivity contribution in [3.05, 3.63) is 27.0 Å². The van der Waals surface area contributed by atoms with Crippen LogP contribution in [0, 0.1) is 10.1 Å². The zero-order valence-corrected chi connectivity index (χ0v) is 6.91. The van der Waals surface area contributed by atoms with Crippen LogP contribution in [-0.4, -0.2) is 9.91 Å². The van der Waals surface area contributed by atoms with E-state index in [1.54, 1.807) is 0 Å². The van der Waals surface area contributed by atoms with Crippen LogP contribution >= 0.6 is 15.9 Å². The molecule has 6 heteroatoms. The second-order valence-electron chi connectivity index (χ2n) is 1.82. The Labute approximate surface area is 70.5 Å². The Morgan fingerprint density at radius 1 is 1.73 bits per heavy atom. The van der Waals surface area contributed by atoms with Crippen molar-refractivity contribution in [3.63, 3.8) is 0 Å². The molecule has 0 spiro atoms. The molecule has 0 aliphatic carbocycles. The van der Waals surface area contributed by atoms with Crippen LogP contribution in [0.25, 0.3) is 0 Å². The van der Waals surface area contributed by atoms with Gasteiger partial charge in [0.05, 0.1) is 17.2 Å². The van der Waals surface area contributed by atoms with Crippen molar-refractivity contribution in [1.82, 2.24) is 4.98 Å². The summed E-state index contributed by atoms with van der Waals surface area (Å²) in [7, 11) is 0. The minimum atomic E-state index is -0.554. The summed E-state index contributed by atoms with van der Waals surface area (Å²) in [4.78, 5) is 13.4. The van der Waals surface area contributed by atoms with Gasteiger partial charge in [-0.2, -0.15) is 0 Å². The van der Waals surface area contributed by atoms with Crippen LogP contribution in [0.1, 0.15) is 0 Å². The summed E-state index contributed by atoms with van der Waals surface area (Å²) < 4.78 is 0.401. The van der Waals surface area contributed by atoms with Gasteiger partial charge in [0, 0.05) is 0 Å². The molecule has 1 aromatic heterocycles. The van der Waals surface area contributed by atoms with Gasteiger partial charge in [0.2, 0.25) is 0 Å². The highest BCUT2D eigenvalue weighted by Crippen LogP contribution is 2.22. The number of hydrogen-bond acceptors (Lipinski definition) is 4. The van der Waals surface area contributed by atoms with Gasteiger partial charge in [0.25, 0.3) is 5.69 Å². The maximum Gasteiger partial charge on any atom is 0.296 e. The molecule has 0 aromatic carbocycles. The number of nitro groups is 1. The molecule has 0 aliphatic heterocycles. The van der Waals surface area contributed by atoms with Gasteiger partial charge >= 0.3 is 0 Å². The van der Waals surface area contributed by atoms with Gasteiger partial charge in [-0.25, -0.2) is 4.98 Å². The summed E-state index contributed by atoms with van der Waals surface area (Å²) in [5.41, 5.74) is 5.20. The van der Waals surface area contributed by atoms with Gasteiger partial charge < -0.3 is 5.73 Å². The van der Waals surface area contributed by atoms with Crippen molar-refractivity contribution in [3.8, 4) is 0 Å². The van der Waals surface area contributed by atoms with Gasteiger partial charge in [-0.05, 0) is 15.9 Å². The van der Waals surface area contributed by atoms with E-state index in [-0.39, 0.29) is 11.4 Å². The summed E-state index contributed by atoms with van der Waals surface area (Å²) >= 11 is 2.99. The number of rotatable bonds is 1. The van der Waals surface area contributed by atoms with Crippen LogP contribution in [0.3, 0.4) is 0 Å². The minimum Gasteiger partial charge on any atom is -0.392 e. The first kappa shape index (κ1) is 7.93. The Morgan fingerprint density at radius 2 is 2.36 bits per heavy atom. The molecule has 0 aliphatic rings. The number of hydrogen-bond donors (Lipinski definition) is 1. The van der Waals surface area contributed by atoms with Crippen LogP contribution in [0.2, 0.25) is 0 Å². The highest BCUT2D eigenvalue weighted by molar-refractivity contribution is 9.10. The van der Waals surface area contributed by atoms with Crippen LogP contribution in [0.15, 0.2) is 16.9 Å². The predicted molar refractivity (Wildman–Crippen MR) is 43.0 cm³/mol. The lowest BCUT2D eigenvalue weighted by Gasteiger charge is -1.94. The van der Waals surface area contributed by atoms with E-state index in [1.165, 1.54) is 12.3 Å². The predicted octanol–water partition coefficient (Wildman–Crippen LogP) is 1.33. The molecule has 1 rings (SSSR count). The first-order chi connectivity index (χ1) is 5.11. The van der Waals surface area contributed by atoms with E-state index in [1.807, 2.05) is 0 Å². The smallest absolute Gasteiger partial charge is 0.296 e. The number of nitrogen functional groups attached to an aromatic ring is 1. The zero-order valence-electron chi connectivity index (χ0n) is 5.32. The summed E-state index contributed by atoms with van der Waals surface area (Å²) in [5, 5.41) is 10.3. The second-order valence-corrected chi connectivity index (χ2v) is 2.64. The average Bonchev–Trinajstić information content (AvgIpc) is 1.94. The lowest BCUT2D eigenvalue weighted by atomic mass is 10.4. The van der Waals surface area contributed by atoms with Gasteiger partial charge in [-0.3, -0.25) is 10.1 Å². The fourth-order valence-electron chi connectivity index (χ4n) is 0.589. The summed E-state index contributed by atoms with van der Waals surface area (Å²) in [6.45, 7) is 0. The maximum atomic E-state index is 10.3. The molecule has 58 valence electrons. The van der Waals surface area contributed by atoms with Gasteiger partial charge in [0.15, 0.2) is 0 Å².